The number of rotatable bonds is 5. The molecule has 0 spiro atoms. The maximum Gasteiger partial charge on any atom is 0.170 e. The summed E-state index contributed by atoms with van der Waals surface area (Å²) >= 11 is 8.73. The van der Waals surface area contributed by atoms with Crippen LogP contribution in [0.25, 0.3) is 0 Å². The number of halogens is 1. The molecule has 2 rings (SSSR count). The number of hydrogen-bond donors (Lipinski definition) is 2. The quantitative estimate of drug-likeness (QED) is 0.788. The Kier molecular flexibility index (Phi) is 6.02. The highest BCUT2D eigenvalue weighted by molar-refractivity contribution is 9.10. The van der Waals surface area contributed by atoms with Gasteiger partial charge in [-0.15, -0.1) is 0 Å². The van der Waals surface area contributed by atoms with Crippen molar-refractivity contribution < 1.29 is 0 Å². The zero-order valence-corrected chi connectivity index (χ0v) is 14.2. The van der Waals surface area contributed by atoms with Crippen molar-refractivity contribution in [2.75, 3.05) is 30.4 Å². The van der Waals surface area contributed by atoms with Crippen LogP contribution >= 0.6 is 28.1 Å². The first-order chi connectivity index (χ1) is 10.1. The highest BCUT2D eigenvalue weighted by Gasteiger charge is 2.01. The largest absolute Gasteiger partial charge is 0.373 e. The first-order valence-electron chi connectivity index (χ1n) is 6.72. The molecule has 0 bridgehead atoms. The smallest absolute Gasteiger partial charge is 0.170 e. The second-order valence-corrected chi connectivity index (χ2v) is 5.97. The molecule has 0 fully saturated rings. The van der Waals surface area contributed by atoms with Crippen molar-refractivity contribution in [3.05, 3.63) is 59.1 Å². The molecule has 0 atom stereocenters. The molecule has 2 aromatic carbocycles. The highest BCUT2D eigenvalue weighted by Crippen LogP contribution is 2.15. The molecule has 0 saturated carbocycles. The van der Waals surface area contributed by atoms with Gasteiger partial charge in [-0.05, 0) is 42.5 Å². The lowest BCUT2D eigenvalue weighted by Crippen LogP contribution is -2.35. The van der Waals surface area contributed by atoms with Crippen LogP contribution in [0.3, 0.4) is 0 Å². The number of anilines is 2. The summed E-state index contributed by atoms with van der Waals surface area (Å²) in [5.41, 5.74) is 2.17. The number of nitrogens with zero attached hydrogens (tertiary/aromatic N) is 1. The third-order valence-corrected chi connectivity index (χ3v) is 3.75. The van der Waals surface area contributed by atoms with Gasteiger partial charge in [0.1, 0.15) is 0 Å². The van der Waals surface area contributed by atoms with E-state index in [0.717, 1.165) is 23.2 Å². The Morgan fingerprint density at radius 3 is 2.62 bits per heavy atom. The fraction of sp³-hybridized carbons (Fsp3) is 0.188. The SMILES string of the molecule is CN(CCNC(=S)Nc1cccc(Br)c1)c1ccccc1. The number of para-hydroxylation sites is 1. The van der Waals surface area contributed by atoms with Crippen LogP contribution in [0.2, 0.25) is 0 Å². The van der Waals surface area contributed by atoms with E-state index in [1.165, 1.54) is 5.69 Å². The first kappa shape index (κ1) is 15.8. The van der Waals surface area contributed by atoms with E-state index in [-0.39, 0.29) is 0 Å². The molecule has 2 N–H and O–H groups in total. The van der Waals surface area contributed by atoms with Crippen LogP contribution in [-0.4, -0.2) is 25.2 Å². The predicted molar refractivity (Wildman–Crippen MR) is 98.1 cm³/mol. The standard InChI is InChI=1S/C16H18BrN3S/c1-20(15-8-3-2-4-9-15)11-10-18-16(21)19-14-7-5-6-13(17)12-14/h2-9,12H,10-11H2,1H3,(H2,18,19,21). The second kappa shape index (κ2) is 8.00. The minimum atomic E-state index is 0.634. The number of hydrogen-bond acceptors (Lipinski definition) is 2. The Labute approximate surface area is 139 Å². The molecule has 0 amide bonds. The van der Waals surface area contributed by atoms with Gasteiger partial charge in [0, 0.05) is 36.0 Å². The highest BCUT2D eigenvalue weighted by atomic mass is 79.9. The van der Waals surface area contributed by atoms with Crippen LogP contribution < -0.4 is 15.5 Å². The summed E-state index contributed by atoms with van der Waals surface area (Å²) in [7, 11) is 2.07. The number of thiocarbonyl (C=S) groups is 1. The lowest BCUT2D eigenvalue weighted by molar-refractivity contribution is 0.827. The third kappa shape index (κ3) is 5.36. The van der Waals surface area contributed by atoms with Gasteiger partial charge in [0.25, 0.3) is 0 Å². The molecule has 2 aromatic rings. The molecule has 0 radical (unpaired) electrons. The number of likely N-dealkylation sites (N-methyl/N-ethyl adjacent to an activating group) is 1. The van der Waals surface area contributed by atoms with Gasteiger partial charge in [-0.2, -0.15) is 0 Å². The van der Waals surface area contributed by atoms with Crippen LogP contribution in [0.5, 0.6) is 0 Å². The summed E-state index contributed by atoms with van der Waals surface area (Å²) in [4.78, 5) is 2.19. The van der Waals surface area contributed by atoms with Gasteiger partial charge < -0.3 is 15.5 Å². The molecular formula is C16H18BrN3S. The van der Waals surface area contributed by atoms with Gasteiger partial charge in [0.15, 0.2) is 5.11 Å². The maximum atomic E-state index is 5.29. The Bertz CT molecular complexity index is 589. The third-order valence-electron chi connectivity index (χ3n) is 3.01. The van der Waals surface area contributed by atoms with E-state index in [0.29, 0.717) is 5.11 Å². The van der Waals surface area contributed by atoms with Crippen molar-refractivity contribution in [2.24, 2.45) is 0 Å². The lowest BCUT2D eigenvalue weighted by Gasteiger charge is -2.20. The number of benzene rings is 2. The van der Waals surface area contributed by atoms with E-state index in [2.05, 4.69) is 50.6 Å². The van der Waals surface area contributed by atoms with E-state index in [4.69, 9.17) is 12.2 Å². The second-order valence-electron chi connectivity index (χ2n) is 4.65. The molecular weight excluding hydrogens is 346 g/mol. The minimum Gasteiger partial charge on any atom is -0.373 e. The Hall–Kier alpha value is -1.59. The molecule has 0 unspecified atom stereocenters. The summed E-state index contributed by atoms with van der Waals surface area (Å²) in [6.07, 6.45) is 0. The van der Waals surface area contributed by atoms with Crippen molar-refractivity contribution in [1.82, 2.24) is 5.32 Å². The molecule has 0 heterocycles. The summed E-state index contributed by atoms with van der Waals surface area (Å²) < 4.78 is 1.03. The van der Waals surface area contributed by atoms with Crippen molar-refractivity contribution in [1.29, 1.82) is 0 Å². The number of nitrogens with one attached hydrogen (secondary N) is 2. The van der Waals surface area contributed by atoms with Crippen LogP contribution in [0.15, 0.2) is 59.1 Å². The Morgan fingerprint density at radius 2 is 1.90 bits per heavy atom. The van der Waals surface area contributed by atoms with Crippen molar-refractivity contribution >= 4 is 44.6 Å². The predicted octanol–water partition coefficient (Wildman–Crippen LogP) is 3.87. The topological polar surface area (TPSA) is 27.3 Å². The van der Waals surface area contributed by atoms with Gasteiger partial charge in [0.2, 0.25) is 0 Å². The molecule has 21 heavy (non-hydrogen) atoms. The molecule has 5 heteroatoms. The van der Waals surface area contributed by atoms with Crippen LogP contribution in [-0.2, 0) is 0 Å². The van der Waals surface area contributed by atoms with Crippen molar-refractivity contribution in [2.45, 2.75) is 0 Å². The molecule has 0 aliphatic rings. The monoisotopic (exact) mass is 363 g/mol. The van der Waals surface area contributed by atoms with Crippen LogP contribution in [0.1, 0.15) is 0 Å². The van der Waals surface area contributed by atoms with Crippen molar-refractivity contribution in [3.63, 3.8) is 0 Å². The minimum absolute atomic E-state index is 0.634. The molecule has 0 aromatic heterocycles. The Balaban J connectivity index is 1.74. The van der Waals surface area contributed by atoms with E-state index < -0.39 is 0 Å². The molecule has 0 saturated heterocycles. The summed E-state index contributed by atoms with van der Waals surface area (Å²) in [5.74, 6) is 0. The van der Waals surface area contributed by atoms with Gasteiger partial charge in [-0.1, -0.05) is 40.2 Å². The molecule has 0 aliphatic carbocycles. The van der Waals surface area contributed by atoms with Crippen LogP contribution in [0, 0.1) is 0 Å². The summed E-state index contributed by atoms with van der Waals surface area (Å²) in [6.45, 7) is 1.66. The van der Waals surface area contributed by atoms with Crippen LogP contribution in [0.4, 0.5) is 11.4 Å². The summed E-state index contributed by atoms with van der Waals surface area (Å²) in [6, 6.07) is 18.2. The Morgan fingerprint density at radius 1 is 1.14 bits per heavy atom. The first-order valence-corrected chi connectivity index (χ1v) is 7.92. The van der Waals surface area contributed by atoms with E-state index >= 15 is 0 Å². The van der Waals surface area contributed by atoms with Gasteiger partial charge in [-0.25, -0.2) is 0 Å². The molecule has 110 valence electrons. The maximum absolute atomic E-state index is 5.29. The summed E-state index contributed by atoms with van der Waals surface area (Å²) in [5, 5.41) is 7.02. The zero-order valence-electron chi connectivity index (χ0n) is 11.8. The normalized spacial score (nSPS) is 10.0. The lowest BCUT2D eigenvalue weighted by atomic mass is 10.3. The van der Waals surface area contributed by atoms with E-state index in [9.17, 15) is 0 Å². The zero-order chi connectivity index (χ0) is 15.1. The molecule has 3 nitrogen and oxygen atoms in total. The average molecular weight is 364 g/mol. The fourth-order valence-electron chi connectivity index (χ4n) is 1.89. The van der Waals surface area contributed by atoms with Crippen molar-refractivity contribution in [3.8, 4) is 0 Å². The van der Waals surface area contributed by atoms with Gasteiger partial charge >= 0.3 is 0 Å². The van der Waals surface area contributed by atoms with E-state index in [1.807, 2.05) is 42.5 Å². The molecule has 0 aliphatic heterocycles. The fourth-order valence-corrected chi connectivity index (χ4v) is 2.51. The average Bonchev–Trinajstić information content (AvgIpc) is 2.48. The van der Waals surface area contributed by atoms with E-state index in [1.54, 1.807) is 0 Å². The van der Waals surface area contributed by atoms with Gasteiger partial charge in [0.05, 0.1) is 0 Å². The van der Waals surface area contributed by atoms with Gasteiger partial charge in [-0.3, -0.25) is 0 Å².